The van der Waals surface area contributed by atoms with Gasteiger partial charge in [-0.1, -0.05) is 0 Å². The zero-order valence-corrected chi connectivity index (χ0v) is 17.2. The molecule has 0 amide bonds. The summed E-state index contributed by atoms with van der Waals surface area (Å²) in [5, 5.41) is 29.2. The van der Waals surface area contributed by atoms with Crippen molar-refractivity contribution in [1.29, 1.82) is 0 Å². The summed E-state index contributed by atoms with van der Waals surface area (Å²) >= 11 is 0. The van der Waals surface area contributed by atoms with Crippen LogP contribution in [0, 0.1) is 0 Å². The van der Waals surface area contributed by atoms with Crippen LogP contribution in [-0.2, 0) is 27.9 Å². The Morgan fingerprint density at radius 1 is 1.28 bits per heavy atom. The number of nitrogens with two attached hydrogens (primary N) is 2. The van der Waals surface area contributed by atoms with Gasteiger partial charge in [-0.3, -0.25) is 18.8 Å². The molecule has 0 radical (unpaired) electrons. The van der Waals surface area contributed by atoms with E-state index in [4.69, 9.17) is 21.3 Å². The number of nitrogen functional groups attached to an aromatic ring is 1. The molecule has 6 atom stereocenters. The van der Waals surface area contributed by atoms with Crippen LogP contribution in [0.1, 0.15) is 19.1 Å². The number of carbonyl (C=O) groups excluding carboxylic acids is 1. The summed E-state index contributed by atoms with van der Waals surface area (Å²) in [6, 6.07) is -1.46. The maximum Gasteiger partial charge on any atom is 0.529 e. The standard InChI is InChI=1S/C15H21N6O10P/c16-6(1-2-8(22)23)15(26)31-32(27,28)29-3-7-10(24)11(25)14(30-7)21-5-20-9-12(17)18-4-19-13(9)21/h4-7,10-11,14,24-25H,1-3,16H2,(H,22,23)(H,27,28)(H2,17,18,19)/t6-,7+,10+,11+,14+/m0/s1. The Morgan fingerprint density at radius 3 is 2.69 bits per heavy atom. The molecule has 16 nitrogen and oxygen atoms in total. The SMILES string of the molecule is Nc1ncnc2c1ncn2[C@@H]1O[C@H](COP(=O)(O)OC(=O)[C@@H](N)CCC(=O)O)[C@@H](O)[C@H]1O. The number of carboxylic acids is 1. The number of phosphoric ester groups is 1. The number of carboxylic acid groups (broad SMARTS) is 1. The molecule has 0 aromatic carbocycles. The average molecular weight is 476 g/mol. The van der Waals surface area contributed by atoms with E-state index >= 15 is 0 Å². The lowest BCUT2D eigenvalue weighted by Gasteiger charge is -2.18. The number of hydrogen-bond donors (Lipinski definition) is 6. The summed E-state index contributed by atoms with van der Waals surface area (Å²) in [4.78, 5) is 43.8. The maximum absolute atomic E-state index is 12.0. The van der Waals surface area contributed by atoms with Crippen molar-refractivity contribution in [2.45, 2.75) is 43.4 Å². The van der Waals surface area contributed by atoms with Gasteiger partial charge in [-0.25, -0.2) is 24.3 Å². The zero-order valence-electron chi connectivity index (χ0n) is 16.3. The Kier molecular flexibility index (Phi) is 7.04. The molecule has 1 fully saturated rings. The molecule has 3 rings (SSSR count). The second kappa shape index (κ2) is 9.41. The Labute approximate surface area is 179 Å². The summed E-state index contributed by atoms with van der Waals surface area (Å²) in [7, 11) is -4.98. The van der Waals surface area contributed by atoms with Gasteiger partial charge < -0.3 is 36.0 Å². The fraction of sp³-hybridized carbons (Fsp3) is 0.533. The molecule has 32 heavy (non-hydrogen) atoms. The highest BCUT2D eigenvalue weighted by Crippen LogP contribution is 2.45. The largest absolute Gasteiger partial charge is 0.529 e. The van der Waals surface area contributed by atoms with Crippen LogP contribution in [-0.4, -0.2) is 82.6 Å². The third-order valence-electron chi connectivity index (χ3n) is 4.58. The van der Waals surface area contributed by atoms with Crippen molar-refractivity contribution in [2.75, 3.05) is 12.3 Å². The molecule has 0 spiro atoms. The number of nitrogens with zero attached hydrogens (tertiary/aromatic N) is 4. The summed E-state index contributed by atoms with van der Waals surface area (Å²) in [6.07, 6.45) is -3.88. The number of anilines is 1. The highest BCUT2D eigenvalue weighted by Gasteiger charge is 2.45. The van der Waals surface area contributed by atoms with Crippen LogP contribution in [0.2, 0.25) is 0 Å². The smallest absolute Gasteiger partial charge is 0.481 e. The number of imidazole rings is 1. The predicted molar refractivity (Wildman–Crippen MR) is 102 cm³/mol. The van der Waals surface area contributed by atoms with Crippen molar-refractivity contribution in [3.05, 3.63) is 12.7 Å². The topological polar surface area (TPSA) is 255 Å². The van der Waals surface area contributed by atoms with E-state index in [2.05, 4.69) is 24.0 Å². The lowest BCUT2D eigenvalue weighted by atomic mass is 10.1. The molecule has 3 heterocycles. The molecule has 1 aliphatic rings. The molecule has 1 unspecified atom stereocenters. The second-order valence-corrected chi connectivity index (χ2v) is 8.22. The average Bonchev–Trinajstić information content (AvgIpc) is 3.27. The van der Waals surface area contributed by atoms with E-state index < -0.39 is 63.4 Å². The zero-order chi connectivity index (χ0) is 23.6. The van der Waals surface area contributed by atoms with Gasteiger partial charge in [0.2, 0.25) is 0 Å². The van der Waals surface area contributed by atoms with E-state index in [0.29, 0.717) is 0 Å². The minimum absolute atomic E-state index is 0.0891. The van der Waals surface area contributed by atoms with Crippen LogP contribution in [0.25, 0.3) is 11.2 Å². The van der Waals surface area contributed by atoms with Crippen molar-refractivity contribution in [2.24, 2.45) is 5.73 Å². The van der Waals surface area contributed by atoms with Gasteiger partial charge in [0, 0.05) is 6.42 Å². The highest BCUT2D eigenvalue weighted by atomic mass is 31.2. The molecule has 1 aliphatic heterocycles. The molecule has 0 bridgehead atoms. The van der Waals surface area contributed by atoms with E-state index in [1.54, 1.807) is 0 Å². The van der Waals surface area contributed by atoms with E-state index in [0.717, 1.165) is 0 Å². The molecule has 0 saturated carbocycles. The van der Waals surface area contributed by atoms with E-state index in [-0.39, 0.29) is 23.4 Å². The molecule has 0 aliphatic carbocycles. The number of hydrogen-bond acceptors (Lipinski definition) is 13. The van der Waals surface area contributed by atoms with E-state index in [1.807, 2.05) is 0 Å². The van der Waals surface area contributed by atoms with Gasteiger partial charge >= 0.3 is 19.8 Å². The van der Waals surface area contributed by atoms with Gasteiger partial charge in [-0.05, 0) is 6.42 Å². The minimum Gasteiger partial charge on any atom is -0.481 e. The second-order valence-electron chi connectivity index (χ2n) is 6.84. The van der Waals surface area contributed by atoms with Crippen LogP contribution in [0.5, 0.6) is 0 Å². The number of aliphatic hydroxyl groups is 2. The first kappa shape index (κ1) is 23.9. The molecule has 1 saturated heterocycles. The molecule has 176 valence electrons. The summed E-state index contributed by atoms with van der Waals surface area (Å²) in [5.41, 5.74) is 11.6. The molecule has 2 aromatic rings. The first-order valence-electron chi connectivity index (χ1n) is 9.13. The van der Waals surface area contributed by atoms with Crippen LogP contribution in [0.3, 0.4) is 0 Å². The van der Waals surface area contributed by atoms with Gasteiger partial charge in [0.05, 0.1) is 12.9 Å². The van der Waals surface area contributed by atoms with E-state index in [1.165, 1.54) is 17.2 Å². The van der Waals surface area contributed by atoms with Crippen molar-refractivity contribution in [1.82, 2.24) is 19.5 Å². The predicted octanol–water partition coefficient (Wildman–Crippen LogP) is -2.12. The number of phosphoric acid groups is 1. The quantitative estimate of drug-likeness (QED) is 0.211. The van der Waals surface area contributed by atoms with Crippen molar-refractivity contribution < 1.29 is 48.2 Å². The first-order chi connectivity index (χ1) is 15.0. The Morgan fingerprint density at radius 2 is 2.00 bits per heavy atom. The van der Waals surface area contributed by atoms with Crippen LogP contribution < -0.4 is 11.5 Å². The Hall–Kier alpha value is -2.72. The van der Waals surface area contributed by atoms with Crippen molar-refractivity contribution in [3.63, 3.8) is 0 Å². The fourth-order valence-corrected chi connectivity index (χ4v) is 3.68. The maximum atomic E-state index is 12.0. The van der Waals surface area contributed by atoms with Gasteiger partial charge in [-0.15, -0.1) is 0 Å². The van der Waals surface area contributed by atoms with E-state index in [9.17, 15) is 29.3 Å². The number of aromatic nitrogens is 4. The van der Waals surface area contributed by atoms with Gasteiger partial charge in [0.25, 0.3) is 0 Å². The molecule has 17 heteroatoms. The van der Waals surface area contributed by atoms with Crippen molar-refractivity contribution >= 4 is 36.7 Å². The number of aliphatic carboxylic acids is 1. The lowest BCUT2D eigenvalue weighted by molar-refractivity contribution is -0.139. The Bertz CT molecular complexity index is 1050. The normalized spacial score (nSPS) is 26.0. The van der Waals surface area contributed by atoms with Crippen LogP contribution >= 0.6 is 7.82 Å². The monoisotopic (exact) mass is 476 g/mol. The highest BCUT2D eigenvalue weighted by molar-refractivity contribution is 7.48. The first-order valence-corrected chi connectivity index (χ1v) is 10.6. The fourth-order valence-electron chi connectivity index (χ4n) is 2.93. The molecule has 8 N–H and O–H groups in total. The molecular formula is C15H21N6O10P. The number of aliphatic hydroxyl groups excluding tert-OH is 2. The summed E-state index contributed by atoms with van der Waals surface area (Å²) in [6.45, 7) is -0.746. The number of fused-ring (bicyclic) bond motifs is 1. The van der Waals surface area contributed by atoms with Gasteiger partial charge in [0.15, 0.2) is 17.7 Å². The summed E-state index contributed by atoms with van der Waals surface area (Å²) in [5.74, 6) is -2.46. The number of carbonyl (C=O) groups is 2. The van der Waals surface area contributed by atoms with Gasteiger partial charge in [-0.2, -0.15) is 0 Å². The lowest BCUT2D eigenvalue weighted by Crippen LogP contribution is -2.34. The molecular weight excluding hydrogens is 455 g/mol. The third kappa shape index (κ3) is 5.18. The number of ether oxygens (including phenoxy) is 1. The van der Waals surface area contributed by atoms with Crippen LogP contribution in [0.15, 0.2) is 12.7 Å². The third-order valence-corrected chi connectivity index (χ3v) is 5.46. The van der Waals surface area contributed by atoms with Crippen molar-refractivity contribution in [3.8, 4) is 0 Å². The minimum atomic E-state index is -4.98. The van der Waals surface area contributed by atoms with Crippen LogP contribution in [0.4, 0.5) is 5.82 Å². The van der Waals surface area contributed by atoms with Gasteiger partial charge in [0.1, 0.15) is 36.2 Å². The number of rotatable bonds is 9. The summed E-state index contributed by atoms with van der Waals surface area (Å²) < 4.78 is 27.8. The molecule has 2 aromatic heterocycles. The Balaban J connectivity index is 1.61.